The fourth-order valence-corrected chi connectivity index (χ4v) is 4.42. The van der Waals surface area contributed by atoms with Crippen LogP contribution in [0.4, 0.5) is 20.6 Å². The van der Waals surface area contributed by atoms with E-state index in [0.717, 1.165) is 11.6 Å². The van der Waals surface area contributed by atoms with Gasteiger partial charge in [0.25, 0.3) is 10.0 Å². The molecule has 2 aromatic carbocycles. The number of carbonyl (C=O) groups is 1. The molecule has 0 aliphatic carbocycles. The second-order valence-electron chi connectivity index (χ2n) is 8.66. The van der Waals surface area contributed by atoms with Gasteiger partial charge in [-0.15, -0.1) is 0 Å². The summed E-state index contributed by atoms with van der Waals surface area (Å²) in [6.45, 7) is 8.26. The zero-order chi connectivity index (χ0) is 22.8. The summed E-state index contributed by atoms with van der Waals surface area (Å²) in [5.74, 6) is -0.548. The molecule has 1 heterocycles. The Labute approximate surface area is 182 Å². The second kappa shape index (κ2) is 8.74. The van der Waals surface area contributed by atoms with Crippen LogP contribution >= 0.6 is 0 Å². The predicted octanol–water partition coefficient (Wildman–Crippen LogP) is 4.04. The number of ether oxygens (including phenoxy) is 1. The number of anilines is 2. The molecule has 2 aromatic rings. The maximum Gasteiger partial charge on any atom is 0.407 e. The Balaban J connectivity index is 1.76. The van der Waals surface area contributed by atoms with Gasteiger partial charge in [0, 0.05) is 19.2 Å². The average Bonchev–Trinajstić information content (AvgIpc) is 3.08. The van der Waals surface area contributed by atoms with Gasteiger partial charge in [0.15, 0.2) is 0 Å². The average molecular weight is 450 g/mol. The summed E-state index contributed by atoms with van der Waals surface area (Å²) in [6, 6.07) is 10.2. The van der Waals surface area contributed by atoms with Crippen LogP contribution in [0.25, 0.3) is 0 Å². The van der Waals surface area contributed by atoms with E-state index >= 15 is 0 Å². The van der Waals surface area contributed by atoms with Crippen molar-refractivity contribution in [2.24, 2.45) is 0 Å². The molecule has 168 valence electrons. The summed E-state index contributed by atoms with van der Waals surface area (Å²) in [4.78, 5) is 14.1. The first-order valence-electron chi connectivity index (χ1n) is 10.1. The van der Waals surface area contributed by atoms with Gasteiger partial charge < -0.3 is 15.0 Å². The van der Waals surface area contributed by atoms with Gasteiger partial charge in [-0.3, -0.25) is 4.72 Å². The second-order valence-corrected chi connectivity index (χ2v) is 10.3. The number of hydrogen-bond donors (Lipinski definition) is 2. The number of aryl methyl sites for hydroxylation is 1. The molecule has 0 radical (unpaired) electrons. The lowest BCUT2D eigenvalue weighted by atomic mass is 10.2. The topological polar surface area (TPSA) is 87.7 Å². The highest BCUT2D eigenvalue weighted by molar-refractivity contribution is 7.92. The van der Waals surface area contributed by atoms with Crippen molar-refractivity contribution in [3.8, 4) is 0 Å². The minimum Gasteiger partial charge on any atom is -0.444 e. The van der Waals surface area contributed by atoms with E-state index in [9.17, 15) is 17.6 Å². The highest BCUT2D eigenvalue weighted by atomic mass is 32.2. The van der Waals surface area contributed by atoms with Crippen molar-refractivity contribution in [3.63, 3.8) is 0 Å². The van der Waals surface area contributed by atoms with Crippen LogP contribution in [0.5, 0.6) is 0 Å². The summed E-state index contributed by atoms with van der Waals surface area (Å²) in [5.41, 5.74) is 1.04. The third kappa shape index (κ3) is 6.10. The van der Waals surface area contributed by atoms with Crippen LogP contribution < -0.4 is 14.9 Å². The molecule has 2 N–H and O–H groups in total. The van der Waals surface area contributed by atoms with E-state index in [0.29, 0.717) is 25.2 Å². The molecule has 0 bridgehead atoms. The third-order valence-electron chi connectivity index (χ3n) is 4.78. The molecule has 1 saturated heterocycles. The molecule has 1 atom stereocenters. The highest BCUT2D eigenvalue weighted by Crippen LogP contribution is 2.31. The van der Waals surface area contributed by atoms with Gasteiger partial charge in [0.05, 0.1) is 22.3 Å². The minimum absolute atomic E-state index is 0.0965. The van der Waals surface area contributed by atoms with E-state index in [1.54, 1.807) is 32.9 Å². The molecule has 7 nitrogen and oxygen atoms in total. The van der Waals surface area contributed by atoms with Crippen LogP contribution in [0.2, 0.25) is 0 Å². The number of hydrogen-bond acceptors (Lipinski definition) is 5. The van der Waals surface area contributed by atoms with Crippen molar-refractivity contribution in [1.82, 2.24) is 5.32 Å². The molecular weight excluding hydrogens is 421 g/mol. The fourth-order valence-electron chi connectivity index (χ4n) is 3.36. The summed E-state index contributed by atoms with van der Waals surface area (Å²) in [7, 11) is -3.88. The number of alkyl carbamates (subject to hydrolysis) is 1. The van der Waals surface area contributed by atoms with Gasteiger partial charge in [-0.25, -0.2) is 17.6 Å². The van der Waals surface area contributed by atoms with Crippen LogP contribution in [0.3, 0.4) is 0 Å². The molecule has 0 saturated carbocycles. The largest absolute Gasteiger partial charge is 0.444 e. The molecule has 1 fully saturated rings. The number of carbonyl (C=O) groups excluding carboxylic acids is 1. The molecule has 1 aliphatic heterocycles. The molecule has 1 amide bonds. The quantitative estimate of drug-likeness (QED) is 0.719. The zero-order valence-electron chi connectivity index (χ0n) is 18.1. The SMILES string of the molecule is Cc1ccc(S(=O)(=O)Nc2cc(F)ccc2N2CCC(NC(=O)OC(C)(C)C)C2)cc1. The van der Waals surface area contributed by atoms with Gasteiger partial charge in [-0.2, -0.15) is 0 Å². The zero-order valence-corrected chi connectivity index (χ0v) is 18.9. The van der Waals surface area contributed by atoms with E-state index in [-0.39, 0.29) is 16.6 Å². The van der Waals surface area contributed by atoms with E-state index < -0.39 is 27.5 Å². The first-order chi connectivity index (χ1) is 14.4. The fraction of sp³-hybridized carbons (Fsp3) is 0.409. The lowest BCUT2D eigenvalue weighted by molar-refractivity contribution is 0.0509. The van der Waals surface area contributed by atoms with E-state index in [4.69, 9.17) is 4.74 Å². The van der Waals surface area contributed by atoms with Crippen LogP contribution in [-0.4, -0.2) is 39.2 Å². The Morgan fingerprint density at radius 2 is 1.84 bits per heavy atom. The molecule has 1 unspecified atom stereocenters. The smallest absolute Gasteiger partial charge is 0.407 e. The summed E-state index contributed by atoms with van der Waals surface area (Å²) in [6.07, 6.45) is 0.152. The molecule has 0 spiro atoms. The predicted molar refractivity (Wildman–Crippen MR) is 118 cm³/mol. The van der Waals surface area contributed by atoms with Gasteiger partial charge in [0.1, 0.15) is 11.4 Å². The Hall–Kier alpha value is -2.81. The number of rotatable bonds is 5. The van der Waals surface area contributed by atoms with Crippen molar-refractivity contribution >= 4 is 27.5 Å². The van der Waals surface area contributed by atoms with Crippen LogP contribution in [-0.2, 0) is 14.8 Å². The van der Waals surface area contributed by atoms with Gasteiger partial charge >= 0.3 is 6.09 Å². The van der Waals surface area contributed by atoms with Crippen LogP contribution in [0.15, 0.2) is 47.4 Å². The number of nitrogens with zero attached hydrogens (tertiary/aromatic N) is 1. The maximum atomic E-state index is 13.9. The summed E-state index contributed by atoms with van der Waals surface area (Å²) >= 11 is 0. The van der Waals surface area contributed by atoms with E-state index in [1.165, 1.54) is 24.3 Å². The van der Waals surface area contributed by atoms with Gasteiger partial charge in [-0.1, -0.05) is 17.7 Å². The Morgan fingerprint density at radius 1 is 1.16 bits per heavy atom. The third-order valence-corrected chi connectivity index (χ3v) is 6.17. The van der Waals surface area contributed by atoms with Crippen molar-refractivity contribution in [2.45, 2.75) is 50.7 Å². The van der Waals surface area contributed by atoms with Crippen molar-refractivity contribution < 1.29 is 22.3 Å². The number of benzene rings is 2. The number of sulfonamides is 1. The minimum atomic E-state index is -3.88. The highest BCUT2D eigenvalue weighted by Gasteiger charge is 2.28. The molecule has 0 aromatic heterocycles. The first-order valence-corrected chi connectivity index (χ1v) is 11.5. The Kier molecular flexibility index (Phi) is 6.45. The lowest BCUT2D eigenvalue weighted by Gasteiger charge is -2.24. The normalized spacial score (nSPS) is 16.8. The molecule has 9 heteroatoms. The first kappa shape index (κ1) is 22.9. The van der Waals surface area contributed by atoms with E-state index in [1.807, 2.05) is 11.8 Å². The summed E-state index contributed by atoms with van der Waals surface area (Å²) in [5, 5.41) is 2.83. The Morgan fingerprint density at radius 3 is 2.48 bits per heavy atom. The monoisotopic (exact) mass is 449 g/mol. The van der Waals surface area contributed by atoms with Crippen LogP contribution in [0.1, 0.15) is 32.8 Å². The summed E-state index contributed by atoms with van der Waals surface area (Å²) < 4.78 is 47.4. The number of nitrogens with one attached hydrogen (secondary N) is 2. The van der Waals surface area contributed by atoms with Crippen molar-refractivity contribution in [1.29, 1.82) is 0 Å². The number of halogens is 1. The molecule has 1 aliphatic rings. The lowest BCUT2D eigenvalue weighted by Crippen LogP contribution is -2.40. The Bertz CT molecular complexity index is 1050. The molecule has 31 heavy (non-hydrogen) atoms. The van der Waals surface area contributed by atoms with Gasteiger partial charge in [0.2, 0.25) is 0 Å². The van der Waals surface area contributed by atoms with Gasteiger partial charge in [-0.05, 0) is 58.4 Å². The maximum absolute atomic E-state index is 13.9. The van der Waals surface area contributed by atoms with Crippen molar-refractivity contribution in [3.05, 3.63) is 53.8 Å². The molecule has 3 rings (SSSR count). The van der Waals surface area contributed by atoms with E-state index in [2.05, 4.69) is 10.0 Å². The van der Waals surface area contributed by atoms with Crippen LogP contribution in [0, 0.1) is 12.7 Å². The van der Waals surface area contributed by atoms with Crippen molar-refractivity contribution in [2.75, 3.05) is 22.7 Å². The standard InChI is InChI=1S/C22H28FN3O4S/c1-15-5-8-18(9-6-15)31(28,29)25-19-13-16(23)7-10-20(19)26-12-11-17(14-26)24-21(27)30-22(2,3)4/h5-10,13,17,25H,11-12,14H2,1-4H3,(H,24,27). The number of amides is 1. The molecular formula is C22H28FN3O4S.